The Morgan fingerprint density at radius 1 is 1.46 bits per heavy atom. The van der Waals surface area contributed by atoms with Crippen LogP contribution < -0.4 is 5.32 Å². The minimum absolute atomic E-state index is 0.00491. The summed E-state index contributed by atoms with van der Waals surface area (Å²) in [5, 5.41) is 3.20. The molecule has 3 nitrogen and oxygen atoms in total. The summed E-state index contributed by atoms with van der Waals surface area (Å²) < 4.78 is 4.79. The molecule has 1 aliphatic heterocycles. The van der Waals surface area contributed by atoms with Crippen LogP contribution in [0.25, 0.3) is 0 Å². The van der Waals surface area contributed by atoms with Crippen molar-refractivity contribution in [2.45, 2.75) is 25.3 Å². The summed E-state index contributed by atoms with van der Waals surface area (Å²) in [5.74, 6) is 1.82. The summed E-state index contributed by atoms with van der Waals surface area (Å²) in [7, 11) is 1.48. The lowest BCUT2D eigenvalue weighted by Gasteiger charge is -2.47. The van der Waals surface area contributed by atoms with Gasteiger partial charge >= 0.3 is 5.97 Å². The first kappa shape index (κ1) is 7.80. The van der Waals surface area contributed by atoms with Crippen molar-refractivity contribution in [3.8, 4) is 0 Å². The third-order valence-corrected chi connectivity index (χ3v) is 4.11. The van der Waals surface area contributed by atoms with E-state index in [1.807, 2.05) is 0 Å². The van der Waals surface area contributed by atoms with E-state index in [0.717, 1.165) is 18.4 Å². The smallest absolute Gasteiger partial charge is 0.323 e. The Hall–Kier alpha value is -0.570. The van der Waals surface area contributed by atoms with Gasteiger partial charge in [0.05, 0.1) is 7.11 Å². The molecule has 3 aliphatic rings. The van der Waals surface area contributed by atoms with Gasteiger partial charge in [0.15, 0.2) is 0 Å². The molecule has 0 aromatic carbocycles. The maximum atomic E-state index is 11.4. The van der Waals surface area contributed by atoms with Crippen molar-refractivity contribution in [2.75, 3.05) is 13.7 Å². The van der Waals surface area contributed by atoms with Gasteiger partial charge in [-0.2, -0.15) is 0 Å². The van der Waals surface area contributed by atoms with Gasteiger partial charge in [0.1, 0.15) is 6.04 Å². The molecular formula is C10H15NO2. The second-order valence-electron chi connectivity index (χ2n) is 4.86. The van der Waals surface area contributed by atoms with E-state index in [4.69, 9.17) is 4.74 Å². The fourth-order valence-corrected chi connectivity index (χ4v) is 3.26. The van der Waals surface area contributed by atoms with Gasteiger partial charge in [-0.05, 0) is 31.1 Å². The molecule has 13 heavy (non-hydrogen) atoms. The Morgan fingerprint density at radius 2 is 2.15 bits per heavy atom. The summed E-state index contributed by atoms with van der Waals surface area (Å²) in [6.45, 7) is 1.03. The van der Waals surface area contributed by atoms with Crippen LogP contribution in [0.2, 0.25) is 0 Å². The Balaban J connectivity index is 1.74. The Bertz CT molecular complexity index is 254. The number of esters is 1. The summed E-state index contributed by atoms with van der Waals surface area (Å²) in [5.41, 5.74) is 0.292. The van der Waals surface area contributed by atoms with Gasteiger partial charge in [-0.1, -0.05) is 0 Å². The van der Waals surface area contributed by atoms with E-state index in [1.54, 1.807) is 0 Å². The zero-order chi connectivity index (χ0) is 9.05. The fourth-order valence-electron chi connectivity index (χ4n) is 3.26. The minimum Gasteiger partial charge on any atom is -0.468 e. The molecule has 0 aromatic rings. The van der Waals surface area contributed by atoms with Crippen molar-refractivity contribution in [2.24, 2.45) is 17.3 Å². The van der Waals surface area contributed by atoms with Crippen molar-refractivity contribution >= 4 is 5.97 Å². The van der Waals surface area contributed by atoms with Crippen molar-refractivity contribution in [1.29, 1.82) is 0 Å². The number of carbonyl (C=O) groups is 1. The van der Waals surface area contributed by atoms with E-state index < -0.39 is 0 Å². The summed E-state index contributed by atoms with van der Waals surface area (Å²) >= 11 is 0. The standard InChI is InChI=1S/C10H15NO2/c1-13-9(12)8-10(5-11-8)3-6-2-7(6)4-10/h6-8,11H,2-5H2,1H3. The maximum absolute atomic E-state index is 11.4. The average Bonchev–Trinajstić information content (AvgIpc) is 2.72. The topological polar surface area (TPSA) is 38.3 Å². The maximum Gasteiger partial charge on any atom is 0.323 e. The molecule has 1 spiro atoms. The van der Waals surface area contributed by atoms with Crippen LogP contribution in [0.3, 0.4) is 0 Å². The summed E-state index contributed by atoms with van der Waals surface area (Å²) in [6.07, 6.45) is 3.92. The zero-order valence-corrected chi connectivity index (χ0v) is 7.88. The predicted molar refractivity (Wildman–Crippen MR) is 47.1 cm³/mol. The highest BCUT2D eigenvalue weighted by Crippen LogP contribution is 2.62. The average molecular weight is 181 g/mol. The first-order valence-corrected chi connectivity index (χ1v) is 5.06. The molecule has 1 saturated heterocycles. The van der Waals surface area contributed by atoms with Crippen LogP contribution in [0.15, 0.2) is 0 Å². The molecule has 0 aromatic heterocycles. The van der Waals surface area contributed by atoms with Crippen LogP contribution in [0.5, 0.6) is 0 Å². The van der Waals surface area contributed by atoms with Gasteiger partial charge in [0.2, 0.25) is 0 Å². The Morgan fingerprint density at radius 3 is 2.62 bits per heavy atom. The lowest BCUT2D eigenvalue weighted by Crippen LogP contribution is -2.65. The van der Waals surface area contributed by atoms with Gasteiger partial charge in [-0.15, -0.1) is 0 Å². The highest BCUT2D eigenvalue weighted by molar-refractivity contribution is 5.78. The summed E-state index contributed by atoms with van der Waals surface area (Å²) in [6, 6.07) is 0.00491. The number of rotatable bonds is 1. The highest BCUT2D eigenvalue weighted by Gasteiger charge is 2.62. The molecule has 2 saturated carbocycles. The normalized spacial score (nSPS) is 51.3. The lowest BCUT2D eigenvalue weighted by molar-refractivity contribution is -0.152. The van der Waals surface area contributed by atoms with E-state index in [2.05, 4.69) is 5.32 Å². The molecule has 2 aliphatic carbocycles. The van der Waals surface area contributed by atoms with Crippen molar-refractivity contribution in [3.63, 3.8) is 0 Å². The highest BCUT2D eigenvalue weighted by atomic mass is 16.5. The minimum atomic E-state index is -0.0625. The van der Waals surface area contributed by atoms with E-state index in [0.29, 0.717) is 5.41 Å². The van der Waals surface area contributed by atoms with E-state index in [1.165, 1.54) is 26.4 Å². The number of methoxy groups -OCH3 is 1. The quantitative estimate of drug-likeness (QED) is 0.600. The third kappa shape index (κ3) is 0.909. The van der Waals surface area contributed by atoms with E-state index >= 15 is 0 Å². The van der Waals surface area contributed by atoms with E-state index in [9.17, 15) is 4.79 Å². The van der Waals surface area contributed by atoms with Gasteiger partial charge in [0.25, 0.3) is 0 Å². The van der Waals surface area contributed by atoms with E-state index in [-0.39, 0.29) is 12.0 Å². The Labute approximate surface area is 77.8 Å². The predicted octanol–water partition coefficient (Wildman–Crippen LogP) is 0.547. The molecule has 3 unspecified atom stereocenters. The first-order valence-electron chi connectivity index (χ1n) is 5.06. The number of ether oxygens (including phenoxy) is 1. The molecule has 3 fully saturated rings. The largest absolute Gasteiger partial charge is 0.468 e. The van der Waals surface area contributed by atoms with Crippen LogP contribution >= 0.6 is 0 Å². The van der Waals surface area contributed by atoms with Gasteiger partial charge < -0.3 is 10.1 Å². The van der Waals surface area contributed by atoms with Crippen LogP contribution in [0, 0.1) is 17.3 Å². The van der Waals surface area contributed by atoms with Gasteiger partial charge in [-0.25, -0.2) is 0 Å². The number of nitrogens with one attached hydrogen (secondary N) is 1. The number of hydrogen-bond acceptors (Lipinski definition) is 3. The molecule has 0 amide bonds. The molecule has 3 atom stereocenters. The van der Waals surface area contributed by atoms with Crippen LogP contribution in [0.1, 0.15) is 19.3 Å². The number of fused-ring (bicyclic) bond motifs is 1. The van der Waals surface area contributed by atoms with Gasteiger partial charge in [0, 0.05) is 12.0 Å². The SMILES string of the molecule is COC(=O)C1NCC12CC1CC1C2. The van der Waals surface area contributed by atoms with Crippen LogP contribution in [0.4, 0.5) is 0 Å². The molecule has 3 heteroatoms. The van der Waals surface area contributed by atoms with Crippen LogP contribution in [-0.2, 0) is 9.53 Å². The lowest BCUT2D eigenvalue weighted by atomic mass is 9.70. The molecule has 0 radical (unpaired) electrons. The molecule has 1 N–H and O–H groups in total. The Kier molecular flexibility index (Phi) is 1.36. The van der Waals surface area contributed by atoms with Gasteiger partial charge in [-0.3, -0.25) is 4.79 Å². The third-order valence-electron chi connectivity index (χ3n) is 4.11. The summed E-state index contributed by atoms with van der Waals surface area (Å²) in [4.78, 5) is 11.4. The monoisotopic (exact) mass is 181 g/mol. The molecule has 72 valence electrons. The van der Waals surface area contributed by atoms with Crippen molar-refractivity contribution < 1.29 is 9.53 Å². The molecule has 3 rings (SSSR count). The van der Waals surface area contributed by atoms with Crippen LogP contribution in [-0.4, -0.2) is 25.7 Å². The van der Waals surface area contributed by atoms with Crippen molar-refractivity contribution in [3.05, 3.63) is 0 Å². The number of carbonyl (C=O) groups excluding carboxylic acids is 1. The molecular weight excluding hydrogens is 166 g/mol. The second-order valence-corrected chi connectivity index (χ2v) is 4.86. The molecule has 1 heterocycles. The zero-order valence-electron chi connectivity index (χ0n) is 7.88. The first-order chi connectivity index (χ1) is 6.25. The van der Waals surface area contributed by atoms with Crippen molar-refractivity contribution in [1.82, 2.24) is 5.32 Å². The fraction of sp³-hybridized carbons (Fsp3) is 0.900. The second kappa shape index (κ2) is 2.27. The number of hydrogen-bond donors (Lipinski definition) is 1. The molecule has 0 bridgehead atoms.